The highest BCUT2D eigenvalue weighted by Crippen LogP contribution is 2.28. The molecule has 0 atom stereocenters. The smallest absolute Gasteiger partial charge is 0.270 e. The van der Waals surface area contributed by atoms with Crippen LogP contribution in [0.3, 0.4) is 0 Å². The number of thiocarbonyl (C=S) groups is 1. The molecule has 0 bridgehead atoms. The van der Waals surface area contributed by atoms with Gasteiger partial charge in [-0.3, -0.25) is 20.2 Å². The molecule has 0 fully saturated rings. The molecule has 0 saturated heterocycles. The molecular formula is C23H18N4O4S. The summed E-state index contributed by atoms with van der Waals surface area (Å²) in [7, 11) is 0. The van der Waals surface area contributed by atoms with Crippen LogP contribution >= 0.6 is 12.2 Å². The lowest BCUT2D eigenvalue weighted by Crippen LogP contribution is -2.34. The summed E-state index contributed by atoms with van der Waals surface area (Å²) in [5.41, 5.74) is 5.15. The Morgan fingerprint density at radius 2 is 1.84 bits per heavy atom. The third-order valence-electron chi connectivity index (χ3n) is 4.76. The van der Waals surface area contributed by atoms with E-state index >= 15 is 0 Å². The molecule has 32 heavy (non-hydrogen) atoms. The van der Waals surface area contributed by atoms with Gasteiger partial charge in [-0.15, -0.1) is 0 Å². The molecule has 0 saturated carbocycles. The molecule has 1 amide bonds. The van der Waals surface area contributed by atoms with Crippen LogP contribution < -0.4 is 10.6 Å². The number of nitro benzene ring substituents is 1. The van der Waals surface area contributed by atoms with Crippen molar-refractivity contribution in [3.63, 3.8) is 0 Å². The second-order valence-electron chi connectivity index (χ2n) is 7.24. The Bertz CT molecular complexity index is 1360. The normalized spacial score (nSPS) is 10.7. The lowest BCUT2D eigenvalue weighted by molar-refractivity contribution is -0.384. The number of non-ortho nitro benzene ring substituents is 1. The van der Waals surface area contributed by atoms with Crippen LogP contribution in [0.4, 0.5) is 11.4 Å². The van der Waals surface area contributed by atoms with Crippen molar-refractivity contribution in [2.75, 3.05) is 5.32 Å². The first kappa shape index (κ1) is 21.1. The number of aromatic nitrogens is 1. The molecule has 1 heterocycles. The van der Waals surface area contributed by atoms with Gasteiger partial charge in [-0.25, -0.2) is 4.98 Å². The van der Waals surface area contributed by atoms with E-state index < -0.39 is 10.8 Å². The van der Waals surface area contributed by atoms with Crippen LogP contribution in [0.2, 0.25) is 0 Å². The molecule has 9 heteroatoms. The van der Waals surface area contributed by atoms with Gasteiger partial charge in [0.05, 0.1) is 4.92 Å². The van der Waals surface area contributed by atoms with Crippen molar-refractivity contribution in [2.24, 2.45) is 0 Å². The highest BCUT2D eigenvalue weighted by atomic mass is 32.1. The average molecular weight is 446 g/mol. The number of hydrogen-bond acceptors (Lipinski definition) is 6. The molecule has 0 aliphatic carbocycles. The summed E-state index contributed by atoms with van der Waals surface area (Å²) in [6.07, 6.45) is 0. The first-order valence-corrected chi connectivity index (χ1v) is 10.1. The molecule has 4 aromatic rings. The average Bonchev–Trinajstić information content (AvgIpc) is 3.18. The van der Waals surface area contributed by atoms with E-state index in [4.69, 9.17) is 16.6 Å². The predicted molar refractivity (Wildman–Crippen MR) is 126 cm³/mol. The molecule has 0 unspecified atom stereocenters. The minimum atomic E-state index is -0.561. The van der Waals surface area contributed by atoms with E-state index in [0.29, 0.717) is 11.6 Å². The number of aryl methyl sites for hydroxylation is 2. The van der Waals surface area contributed by atoms with Crippen molar-refractivity contribution in [2.45, 2.75) is 13.8 Å². The Hall–Kier alpha value is -4.11. The minimum Gasteiger partial charge on any atom is -0.436 e. The van der Waals surface area contributed by atoms with Gasteiger partial charge in [-0.05, 0) is 73.6 Å². The zero-order valence-corrected chi connectivity index (χ0v) is 18.0. The fraction of sp³-hybridized carbons (Fsp3) is 0.0870. The van der Waals surface area contributed by atoms with Gasteiger partial charge in [0.15, 0.2) is 10.7 Å². The Morgan fingerprint density at radius 1 is 1.09 bits per heavy atom. The molecule has 8 nitrogen and oxygen atoms in total. The summed E-state index contributed by atoms with van der Waals surface area (Å²) in [5, 5.41) is 16.4. The third kappa shape index (κ3) is 4.47. The quantitative estimate of drug-likeness (QED) is 0.253. The number of rotatable bonds is 4. The maximum Gasteiger partial charge on any atom is 0.270 e. The van der Waals surface area contributed by atoms with E-state index in [9.17, 15) is 14.9 Å². The molecule has 3 aromatic carbocycles. The van der Waals surface area contributed by atoms with E-state index in [1.54, 1.807) is 12.1 Å². The van der Waals surface area contributed by atoms with Crippen molar-refractivity contribution in [3.05, 3.63) is 87.5 Å². The van der Waals surface area contributed by atoms with Crippen LogP contribution in [-0.2, 0) is 0 Å². The molecule has 0 spiro atoms. The Balaban J connectivity index is 1.44. The van der Waals surface area contributed by atoms with E-state index in [1.165, 1.54) is 24.3 Å². The predicted octanol–water partition coefficient (Wildman–Crippen LogP) is 5.15. The molecule has 0 radical (unpaired) electrons. The fourth-order valence-corrected chi connectivity index (χ4v) is 3.51. The molecule has 160 valence electrons. The van der Waals surface area contributed by atoms with Gasteiger partial charge >= 0.3 is 0 Å². The van der Waals surface area contributed by atoms with Gasteiger partial charge in [0.2, 0.25) is 5.89 Å². The van der Waals surface area contributed by atoms with E-state index in [2.05, 4.69) is 15.6 Å². The van der Waals surface area contributed by atoms with E-state index in [1.807, 2.05) is 38.1 Å². The summed E-state index contributed by atoms with van der Waals surface area (Å²) in [5.74, 6) is -0.0261. The molecule has 1 aromatic heterocycles. The van der Waals surface area contributed by atoms with Crippen LogP contribution in [-0.4, -0.2) is 20.9 Å². The summed E-state index contributed by atoms with van der Waals surface area (Å²) in [6, 6.07) is 16.7. The Kier molecular flexibility index (Phi) is 5.65. The number of hydrogen-bond donors (Lipinski definition) is 2. The van der Waals surface area contributed by atoms with Crippen molar-refractivity contribution in [1.82, 2.24) is 10.3 Å². The van der Waals surface area contributed by atoms with Gasteiger partial charge in [0.25, 0.3) is 11.6 Å². The van der Waals surface area contributed by atoms with Gasteiger partial charge in [-0.2, -0.15) is 0 Å². The van der Waals surface area contributed by atoms with Crippen LogP contribution in [0.1, 0.15) is 21.5 Å². The number of amides is 1. The monoisotopic (exact) mass is 446 g/mol. The van der Waals surface area contributed by atoms with Gasteiger partial charge in [-0.1, -0.05) is 12.1 Å². The maximum absolute atomic E-state index is 12.3. The van der Waals surface area contributed by atoms with Crippen molar-refractivity contribution < 1.29 is 14.1 Å². The van der Waals surface area contributed by atoms with E-state index in [0.717, 1.165) is 27.8 Å². The number of anilines is 1. The Morgan fingerprint density at radius 3 is 2.56 bits per heavy atom. The molecular weight excluding hydrogens is 428 g/mol. The second kappa shape index (κ2) is 8.56. The zero-order chi connectivity index (χ0) is 22.8. The van der Waals surface area contributed by atoms with Crippen molar-refractivity contribution in [1.29, 1.82) is 0 Å². The first-order valence-electron chi connectivity index (χ1n) is 9.65. The summed E-state index contributed by atoms with van der Waals surface area (Å²) < 4.78 is 5.93. The number of fused-ring (bicyclic) bond motifs is 1. The highest BCUT2D eigenvalue weighted by molar-refractivity contribution is 7.80. The second-order valence-corrected chi connectivity index (χ2v) is 7.65. The van der Waals surface area contributed by atoms with Gasteiger partial charge in [0, 0.05) is 28.9 Å². The van der Waals surface area contributed by atoms with Crippen molar-refractivity contribution in [3.8, 4) is 11.5 Å². The Labute approximate surface area is 188 Å². The minimum absolute atomic E-state index is 0.0715. The number of nitro groups is 1. The molecule has 4 rings (SSSR count). The lowest BCUT2D eigenvalue weighted by atomic mass is 10.1. The number of carbonyl (C=O) groups excluding carboxylic acids is 1. The molecule has 0 aliphatic rings. The molecule has 2 N–H and O–H groups in total. The van der Waals surface area contributed by atoms with Crippen molar-refractivity contribution >= 4 is 45.7 Å². The largest absolute Gasteiger partial charge is 0.436 e. The lowest BCUT2D eigenvalue weighted by Gasteiger charge is -2.10. The van der Waals surface area contributed by atoms with Crippen LogP contribution in [0.25, 0.3) is 22.6 Å². The topological polar surface area (TPSA) is 110 Å². The SMILES string of the molecule is Cc1cc(C)c2oc(-c3ccc(NC(=S)NC(=O)c4cccc([N+](=O)[O-])c4)cc3)nc2c1. The zero-order valence-electron chi connectivity index (χ0n) is 17.2. The first-order chi connectivity index (χ1) is 15.3. The standard InChI is InChI=1S/C23H18N4O4S/c1-13-10-14(2)20-19(11-13)25-22(31-20)15-6-8-17(9-7-15)24-23(32)26-21(28)16-4-3-5-18(12-16)27(29)30/h3-12H,1-2H3,(H2,24,26,28,32). The van der Waals surface area contributed by atoms with Crippen LogP contribution in [0.5, 0.6) is 0 Å². The third-order valence-corrected chi connectivity index (χ3v) is 4.96. The van der Waals surface area contributed by atoms with Gasteiger partial charge < -0.3 is 9.73 Å². The highest BCUT2D eigenvalue weighted by Gasteiger charge is 2.14. The van der Waals surface area contributed by atoms with E-state index in [-0.39, 0.29) is 16.4 Å². The van der Waals surface area contributed by atoms with Gasteiger partial charge in [0.1, 0.15) is 5.52 Å². The number of oxazole rings is 1. The maximum atomic E-state index is 12.3. The van der Waals surface area contributed by atoms with Crippen LogP contribution in [0, 0.1) is 24.0 Å². The summed E-state index contributed by atoms with van der Waals surface area (Å²) >= 11 is 5.19. The number of carbonyl (C=O) groups is 1. The number of benzene rings is 3. The van der Waals surface area contributed by atoms with Crippen LogP contribution in [0.15, 0.2) is 65.1 Å². The summed E-state index contributed by atoms with van der Waals surface area (Å²) in [4.78, 5) is 27.2. The summed E-state index contributed by atoms with van der Waals surface area (Å²) in [6.45, 7) is 4.00. The number of nitrogens with zero attached hydrogens (tertiary/aromatic N) is 2. The fourth-order valence-electron chi connectivity index (χ4n) is 3.29. The molecule has 0 aliphatic heterocycles. The number of nitrogens with one attached hydrogen (secondary N) is 2.